The van der Waals surface area contributed by atoms with Crippen LogP contribution in [-0.4, -0.2) is 40.1 Å². The van der Waals surface area contributed by atoms with Crippen molar-refractivity contribution in [1.29, 1.82) is 0 Å². The molecule has 0 aromatic heterocycles. The first-order chi connectivity index (χ1) is 10.4. The molecule has 1 saturated heterocycles. The van der Waals surface area contributed by atoms with Crippen LogP contribution in [0.25, 0.3) is 0 Å². The van der Waals surface area contributed by atoms with Crippen LogP contribution in [0.5, 0.6) is 0 Å². The van der Waals surface area contributed by atoms with Gasteiger partial charge in [-0.1, -0.05) is 12.1 Å². The second-order valence-electron chi connectivity index (χ2n) is 5.53. The van der Waals surface area contributed by atoms with Crippen molar-refractivity contribution in [2.24, 2.45) is 0 Å². The fourth-order valence-corrected chi connectivity index (χ4v) is 3.64. The summed E-state index contributed by atoms with van der Waals surface area (Å²) < 4.78 is 32.2. The Morgan fingerprint density at radius 2 is 2.14 bits per heavy atom. The molecular formula is C15H22N2O4S. The SMILES string of the molecule is Cc1ccc(C)c(S(=O)(=O)NCC(=O)NCC2CCCO2)c1. The molecule has 1 atom stereocenters. The van der Waals surface area contributed by atoms with Gasteiger partial charge in [-0.15, -0.1) is 0 Å². The zero-order valence-electron chi connectivity index (χ0n) is 12.9. The van der Waals surface area contributed by atoms with Crippen molar-refractivity contribution in [2.45, 2.75) is 37.7 Å². The lowest BCUT2D eigenvalue weighted by Crippen LogP contribution is -2.40. The van der Waals surface area contributed by atoms with Gasteiger partial charge in [-0.2, -0.15) is 0 Å². The quantitative estimate of drug-likeness (QED) is 0.813. The lowest BCUT2D eigenvalue weighted by molar-refractivity contribution is -0.120. The van der Waals surface area contributed by atoms with Crippen molar-refractivity contribution < 1.29 is 17.9 Å². The predicted octanol–water partition coefficient (Wildman–Crippen LogP) is 0.877. The number of ether oxygens (including phenoxy) is 1. The maximum atomic E-state index is 12.3. The van der Waals surface area contributed by atoms with Crippen LogP contribution in [-0.2, 0) is 19.6 Å². The summed E-state index contributed by atoms with van der Waals surface area (Å²) in [6.45, 7) is 4.42. The molecule has 1 aromatic carbocycles. The monoisotopic (exact) mass is 326 g/mol. The van der Waals surface area contributed by atoms with Gasteiger partial charge in [-0.3, -0.25) is 4.79 Å². The Balaban J connectivity index is 1.88. The highest BCUT2D eigenvalue weighted by atomic mass is 32.2. The second kappa shape index (κ2) is 7.21. The van der Waals surface area contributed by atoms with Gasteiger partial charge in [0.2, 0.25) is 15.9 Å². The number of amides is 1. The summed E-state index contributed by atoms with van der Waals surface area (Å²) in [5.41, 5.74) is 1.51. The largest absolute Gasteiger partial charge is 0.376 e. The molecule has 7 heteroatoms. The van der Waals surface area contributed by atoms with Crippen molar-refractivity contribution in [3.63, 3.8) is 0 Å². The highest BCUT2D eigenvalue weighted by Crippen LogP contribution is 2.16. The molecule has 1 unspecified atom stereocenters. The lowest BCUT2D eigenvalue weighted by atomic mass is 10.2. The van der Waals surface area contributed by atoms with Crippen LogP contribution in [0.4, 0.5) is 0 Å². The fourth-order valence-electron chi connectivity index (χ4n) is 2.33. The maximum Gasteiger partial charge on any atom is 0.241 e. The van der Waals surface area contributed by atoms with E-state index in [2.05, 4.69) is 10.0 Å². The number of hydrogen-bond donors (Lipinski definition) is 2. The topological polar surface area (TPSA) is 84.5 Å². The Morgan fingerprint density at radius 1 is 1.36 bits per heavy atom. The van der Waals surface area contributed by atoms with Crippen molar-refractivity contribution in [1.82, 2.24) is 10.0 Å². The molecule has 1 aliphatic heterocycles. The van der Waals surface area contributed by atoms with E-state index in [9.17, 15) is 13.2 Å². The first kappa shape index (κ1) is 16.9. The summed E-state index contributed by atoms with van der Waals surface area (Å²) in [5, 5.41) is 2.68. The third kappa shape index (κ3) is 4.53. The molecule has 1 aliphatic rings. The van der Waals surface area contributed by atoms with E-state index in [-0.39, 0.29) is 23.5 Å². The zero-order valence-corrected chi connectivity index (χ0v) is 13.7. The number of rotatable bonds is 6. The van der Waals surface area contributed by atoms with E-state index in [1.807, 2.05) is 13.0 Å². The van der Waals surface area contributed by atoms with Gasteiger partial charge in [0.15, 0.2) is 0 Å². The third-order valence-corrected chi connectivity index (χ3v) is 5.15. The minimum Gasteiger partial charge on any atom is -0.376 e. The molecule has 2 rings (SSSR count). The molecule has 1 aromatic rings. The van der Waals surface area contributed by atoms with Crippen molar-refractivity contribution in [3.05, 3.63) is 29.3 Å². The van der Waals surface area contributed by atoms with E-state index < -0.39 is 10.0 Å². The van der Waals surface area contributed by atoms with E-state index in [1.165, 1.54) is 0 Å². The molecule has 0 saturated carbocycles. The normalized spacial score (nSPS) is 18.4. The fraction of sp³-hybridized carbons (Fsp3) is 0.533. The van der Waals surface area contributed by atoms with Gasteiger partial charge in [0, 0.05) is 13.2 Å². The summed E-state index contributed by atoms with van der Waals surface area (Å²) >= 11 is 0. The first-order valence-electron chi connectivity index (χ1n) is 7.34. The van der Waals surface area contributed by atoms with Crippen LogP contribution < -0.4 is 10.0 Å². The van der Waals surface area contributed by atoms with Crippen molar-refractivity contribution >= 4 is 15.9 Å². The van der Waals surface area contributed by atoms with Gasteiger partial charge in [-0.05, 0) is 43.9 Å². The summed E-state index contributed by atoms with van der Waals surface area (Å²) in [6.07, 6.45) is 1.97. The van der Waals surface area contributed by atoms with E-state index in [1.54, 1.807) is 19.1 Å². The second-order valence-corrected chi connectivity index (χ2v) is 7.27. The molecule has 1 amide bonds. The van der Waals surface area contributed by atoms with Crippen LogP contribution in [0.15, 0.2) is 23.1 Å². The van der Waals surface area contributed by atoms with Crippen molar-refractivity contribution in [3.8, 4) is 0 Å². The number of carbonyl (C=O) groups is 1. The summed E-state index contributed by atoms with van der Waals surface area (Å²) in [5.74, 6) is -0.357. The Morgan fingerprint density at radius 3 is 2.82 bits per heavy atom. The van der Waals surface area contributed by atoms with Gasteiger partial charge in [0.1, 0.15) is 0 Å². The highest BCUT2D eigenvalue weighted by molar-refractivity contribution is 7.89. The number of carbonyl (C=O) groups excluding carboxylic acids is 1. The number of nitrogens with one attached hydrogen (secondary N) is 2. The van der Waals surface area contributed by atoms with Crippen LogP contribution in [0.2, 0.25) is 0 Å². The molecule has 22 heavy (non-hydrogen) atoms. The van der Waals surface area contributed by atoms with Gasteiger partial charge in [0.05, 0.1) is 17.5 Å². The summed E-state index contributed by atoms with van der Waals surface area (Å²) in [6, 6.07) is 5.20. The molecular weight excluding hydrogens is 304 g/mol. The predicted molar refractivity (Wildman–Crippen MR) is 83.1 cm³/mol. The van der Waals surface area contributed by atoms with E-state index >= 15 is 0 Å². The van der Waals surface area contributed by atoms with E-state index in [4.69, 9.17) is 4.74 Å². The van der Waals surface area contributed by atoms with Gasteiger partial charge >= 0.3 is 0 Å². The van der Waals surface area contributed by atoms with Gasteiger partial charge in [0.25, 0.3) is 0 Å². The molecule has 6 nitrogen and oxygen atoms in total. The number of sulfonamides is 1. The van der Waals surface area contributed by atoms with Crippen LogP contribution in [0.3, 0.4) is 0 Å². The number of hydrogen-bond acceptors (Lipinski definition) is 4. The molecule has 0 radical (unpaired) electrons. The minimum atomic E-state index is -3.69. The molecule has 122 valence electrons. The zero-order chi connectivity index (χ0) is 16.2. The molecule has 0 spiro atoms. The Kier molecular flexibility index (Phi) is 5.55. The van der Waals surface area contributed by atoms with Gasteiger partial charge in [-0.25, -0.2) is 13.1 Å². The Hall–Kier alpha value is -1.44. The molecule has 2 N–H and O–H groups in total. The lowest BCUT2D eigenvalue weighted by Gasteiger charge is -2.12. The van der Waals surface area contributed by atoms with E-state index in [0.717, 1.165) is 25.0 Å². The van der Waals surface area contributed by atoms with Crippen LogP contribution >= 0.6 is 0 Å². The molecule has 1 fully saturated rings. The number of benzene rings is 1. The average molecular weight is 326 g/mol. The average Bonchev–Trinajstić information content (AvgIpc) is 2.99. The Bertz CT molecular complexity index is 637. The van der Waals surface area contributed by atoms with Crippen LogP contribution in [0, 0.1) is 13.8 Å². The van der Waals surface area contributed by atoms with E-state index in [0.29, 0.717) is 12.1 Å². The maximum absolute atomic E-state index is 12.3. The van der Waals surface area contributed by atoms with Gasteiger partial charge < -0.3 is 10.1 Å². The summed E-state index contributed by atoms with van der Waals surface area (Å²) in [4.78, 5) is 11.9. The highest BCUT2D eigenvalue weighted by Gasteiger charge is 2.19. The first-order valence-corrected chi connectivity index (χ1v) is 8.82. The molecule has 1 heterocycles. The molecule has 0 bridgehead atoms. The third-order valence-electron chi connectivity index (χ3n) is 3.61. The van der Waals surface area contributed by atoms with Crippen LogP contribution in [0.1, 0.15) is 24.0 Å². The number of aryl methyl sites for hydroxylation is 2. The minimum absolute atomic E-state index is 0.0413. The standard InChI is InChI=1S/C15H22N2O4S/c1-11-5-6-12(2)14(8-11)22(19,20)17-10-15(18)16-9-13-4-3-7-21-13/h5-6,8,13,17H,3-4,7,9-10H2,1-2H3,(H,16,18). The smallest absolute Gasteiger partial charge is 0.241 e. The summed E-state index contributed by atoms with van der Waals surface area (Å²) in [7, 11) is -3.69. The van der Waals surface area contributed by atoms with Crippen molar-refractivity contribution in [2.75, 3.05) is 19.7 Å². The molecule has 0 aliphatic carbocycles. The Labute approximate surface area is 131 Å².